The highest BCUT2D eigenvalue weighted by Crippen LogP contribution is 2.05. The molecule has 1 fully saturated rings. The van der Waals surface area contributed by atoms with Crippen LogP contribution in [-0.4, -0.2) is 48.6 Å². The van der Waals surface area contributed by atoms with Crippen molar-refractivity contribution in [2.24, 2.45) is 0 Å². The molecule has 0 saturated carbocycles. The van der Waals surface area contributed by atoms with Crippen molar-refractivity contribution in [1.82, 2.24) is 4.90 Å². The summed E-state index contributed by atoms with van der Waals surface area (Å²) in [6, 6.07) is 0. The second kappa shape index (κ2) is 6.27. The van der Waals surface area contributed by atoms with E-state index in [4.69, 9.17) is 4.74 Å². The molecule has 1 aliphatic heterocycles. The summed E-state index contributed by atoms with van der Waals surface area (Å²) in [5, 5.41) is 0. The van der Waals surface area contributed by atoms with E-state index in [1.807, 2.05) is 4.90 Å². The Morgan fingerprint density at radius 3 is 2.77 bits per heavy atom. The van der Waals surface area contributed by atoms with Gasteiger partial charge in [0.05, 0.1) is 19.0 Å². The minimum absolute atomic E-state index is 0.266. The number of carbonyl (C=O) groups is 1. The van der Waals surface area contributed by atoms with Crippen LogP contribution in [0.25, 0.3) is 0 Å². The number of thioether (sulfide) groups is 1. The minimum atomic E-state index is 0.266. The molecule has 1 saturated heterocycles. The normalized spacial score (nSPS) is 17.5. The lowest BCUT2D eigenvalue weighted by atomic mass is 10.4. The number of rotatable bonds is 4. The quantitative estimate of drug-likeness (QED) is 0.638. The fourth-order valence-corrected chi connectivity index (χ4v) is 2.00. The molecule has 0 unspecified atom stereocenters. The average molecular weight is 203 g/mol. The fraction of sp³-hybridized carbons (Fsp3) is 0.889. The summed E-state index contributed by atoms with van der Waals surface area (Å²) < 4.78 is 5.17. The minimum Gasteiger partial charge on any atom is -0.378 e. The topological polar surface area (TPSA) is 29.5 Å². The van der Waals surface area contributed by atoms with Crippen molar-refractivity contribution < 1.29 is 9.53 Å². The summed E-state index contributed by atoms with van der Waals surface area (Å²) in [5.74, 6) is 1.98. The molecule has 13 heavy (non-hydrogen) atoms. The third kappa shape index (κ3) is 4.00. The van der Waals surface area contributed by atoms with Gasteiger partial charge in [-0.3, -0.25) is 4.79 Å². The summed E-state index contributed by atoms with van der Waals surface area (Å²) in [6.07, 6.45) is 1.14. The van der Waals surface area contributed by atoms with Crippen LogP contribution in [0.3, 0.4) is 0 Å². The lowest BCUT2D eigenvalue weighted by molar-refractivity contribution is -0.132. The number of nitrogens with zero attached hydrogens (tertiary/aromatic N) is 1. The van der Waals surface area contributed by atoms with Gasteiger partial charge in [-0.15, -0.1) is 0 Å². The lowest BCUT2D eigenvalue weighted by Gasteiger charge is -2.26. The maximum Gasteiger partial charge on any atom is 0.232 e. The molecular weight excluding hydrogens is 186 g/mol. The van der Waals surface area contributed by atoms with Crippen molar-refractivity contribution in [3.8, 4) is 0 Å². The molecule has 0 radical (unpaired) electrons. The largest absolute Gasteiger partial charge is 0.378 e. The Hall–Kier alpha value is -0.220. The fourth-order valence-electron chi connectivity index (χ4n) is 1.21. The molecular formula is C9H17NO2S. The number of hydrogen-bond donors (Lipinski definition) is 0. The molecule has 0 aromatic carbocycles. The molecule has 1 heterocycles. The molecule has 4 heteroatoms. The molecule has 0 aliphatic carbocycles. The van der Waals surface area contributed by atoms with E-state index in [0.717, 1.165) is 25.3 Å². The van der Waals surface area contributed by atoms with Crippen molar-refractivity contribution in [1.29, 1.82) is 0 Å². The predicted molar refractivity (Wildman–Crippen MR) is 55.0 cm³/mol. The molecule has 0 N–H and O–H groups in total. The first-order chi connectivity index (χ1) is 6.34. The first kappa shape index (κ1) is 10.9. The van der Waals surface area contributed by atoms with Crippen LogP contribution in [0.4, 0.5) is 0 Å². The third-order valence-corrected chi connectivity index (χ3v) is 3.09. The van der Waals surface area contributed by atoms with E-state index in [-0.39, 0.29) is 5.91 Å². The molecule has 0 bridgehead atoms. The average Bonchev–Trinajstić information content (AvgIpc) is 2.19. The van der Waals surface area contributed by atoms with Crippen molar-refractivity contribution in [2.45, 2.75) is 13.3 Å². The van der Waals surface area contributed by atoms with E-state index in [0.29, 0.717) is 19.0 Å². The van der Waals surface area contributed by atoms with Gasteiger partial charge in [-0.05, 0) is 12.2 Å². The zero-order valence-corrected chi connectivity index (χ0v) is 8.94. The molecule has 1 aliphatic rings. The van der Waals surface area contributed by atoms with Gasteiger partial charge < -0.3 is 9.64 Å². The monoisotopic (exact) mass is 203 g/mol. The molecule has 1 amide bonds. The molecule has 1 rings (SSSR count). The van der Waals surface area contributed by atoms with Crippen LogP contribution in [-0.2, 0) is 9.53 Å². The first-order valence-corrected chi connectivity index (χ1v) is 5.93. The summed E-state index contributed by atoms with van der Waals surface area (Å²) in [5.41, 5.74) is 0. The van der Waals surface area contributed by atoms with Gasteiger partial charge in [-0.25, -0.2) is 0 Å². The molecule has 0 aromatic rings. The van der Waals surface area contributed by atoms with Crippen molar-refractivity contribution in [3.05, 3.63) is 0 Å². The second-order valence-corrected chi connectivity index (χ2v) is 4.15. The van der Waals surface area contributed by atoms with Crippen molar-refractivity contribution in [2.75, 3.05) is 37.8 Å². The van der Waals surface area contributed by atoms with E-state index in [9.17, 15) is 4.79 Å². The van der Waals surface area contributed by atoms with Gasteiger partial charge in [-0.1, -0.05) is 6.92 Å². The van der Waals surface area contributed by atoms with E-state index in [1.54, 1.807) is 11.8 Å². The second-order valence-electron chi connectivity index (χ2n) is 3.05. The Balaban J connectivity index is 2.13. The first-order valence-electron chi connectivity index (χ1n) is 4.78. The highest BCUT2D eigenvalue weighted by Gasteiger charge is 2.15. The summed E-state index contributed by atoms with van der Waals surface area (Å²) in [6.45, 7) is 5.07. The smallest absolute Gasteiger partial charge is 0.232 e. The number of carbonyl (C=O) groups excluding carboxylic acids is 1. The van der Waals surface area contributed by atoms with Gasteiger partial charge >= 0.3 is 0 Å². The number of amides is 1. The molecule has 0 atom stereocenters. The molecule has 0 aromatic heterocycles. The van der Waals surface area contributed by atoms with Crippen LogP contribution in [0.2, 0.25) is 0 Å². The van der Waals surface area contributed by atoms with Gasteiger partial charge in [0.2, 0.25) is 5.91 Å². The Bertz CT molecular complexity index is 158. The zero-order valence-electron chi connectivity index (χ0n) is 8.12. The van der Waals surface area contributed by atoms with Crippen LogP contribution in [0.1, 0.15) is 13.3 Å². The Morgan fingerprint density at radius 1 is 1.46 bits per heavy atom. The van der Waals surface area contributed by atoms with E-state index in [2.05, 4.69) is 6.92 Å². The Labute approximate surface area is 83.8 Å². The van der Waals surface area contributed by atoms with Crippen LogP contribution in [0.5, 0.6) is 0 Å². The van der Waals surface area contributed by atoms with Crippen molar-refractivity contribution in [3.63, 3.8) is 0 Å². The standard InChI is InChI=1S/C9H17NO2S/c1-2-7-13-8-9(11)10-3-5-12-6-4-10/h2-8H2,1H3. The van der Waals surface area contributed by atoms with Crippen molar-refractivity contribution >= 4 is 17.7 Å². The van der Waals surface area contributed by atoms with Gasteiger partial charge in [0, 0.05) is 13.1 Å². The van der Waals surface area contributed by atoms with Crippen LogP contribution in [0, 0.1) is 0 Å². The Kier molecular flexibility index (Phi) is 5.23. The summed E-state index contributed by atoms with van der Waals surface area (Å²) in [7, 11) is 0. The van der Waals surface area contributed by atoms with Crippen LogP contribution >= 0.6 is 11.8 Å². The number of hydrogen-bond acceptors (Lipinski definition) is 3. The van der Waals surface area contributed by atoms with Gasteiger partial charge in [0.25, 0.3) is 0 Å². The van der Waals surface area contributed by atoms with E-state index in [1.165, 1.54) is 0 Å². The molecule has 3 nitrogen and oxygen atoms in total. The van der Waals surface area contributed by atoms with Gasteiger partial charge in [0.15, 0.2) is 0 Å². The van der Waals surface area contributed by atoms with Gasteiger partial charge in [0.1, 0.15) is 0 Å². The maximum absolute atomic E-state index is 11.5. The summed E-state index contributed by atoms with van der Waals surface area (Å²) >= 11 is 1.72. The summed E-state index contributed by atoms with van der Waals surface area (Å²) in [4.78, 5) is 13.4. The SMILES string of the molecule is CCCSCC(=O)N1CCOCC1. The molecule has 0 spiro atoms. The van der Waals surface area contributed by atoms with Crippen LogP contribution < -0.4 is 0 Å². The number of morpholine rings is 1. The third-order valence-electron chi connectivity index (χ3n) is 1.94. The highest BCUT2D eigenvalue weighted by molar-refractivity contribution is 7.99. The molecule has 76 valence electrons. The highest BCUT2D eigenvalue weighted by atomic mass is 32.2. The maximum atomic E-state index is 11.5. The van der Waals surface area contributed by atoms with E-state index >= 15 is 0 Å². The van der Waals surface area contributed by atoms with Gasteiger partial charge in [-0.2, -0.15) is 11.8 Å². The predicted octanol–water partition coefficient (Wildman–Crippen LogP) is 0.988. The zero-order chi connectivity index (χ0) is 9.52. The van der Waals surface area contributed by atoms with Crippen LogP contribution in [0.15, 0.2) is 0 Å². The number of ether oxygens (including phenoxy) is 1. The van der Waals surface area contributed by atoms with E-state index < -0.39 is 0 Å². The Morgan fingerprint density at radius 2 is 2.15 bits per heavy atom. The lowest BCUT2D eigenvalue weighted by Crippen LogP contribution is -2.41.